The molecule has 12 aromatic rings. The molecule has 0 bridgehead atoms. The molecule has 0 saturated carbocycles. The molecule has 0 N–H and O–H groups in total. The van der Waals surface area contributed by atoms with Crippen LogP contribution in [0.15, 0.2) is 152 Å². The van der Waals surface area contributed by atoms with Crippen molar-refractivity contribution in [3.8, 4) is 17.2 Å². The van der Waals surface area contributed by atoms with Crippen LogP contribution in [0, 0.1) is 0 Å². The van der Waals surface area contributed by atoms with Crippen LogP contribution in [0.1, 0.15) is 0 Å². The van der Waals surface area contributed by atoms with E-state index in [-0.39, 0.29) is 0 Å². The van der Waals surface area contributed by atoms with Crippen molar-refractivity contribution < 1.29 is 0 Å². The van der Waals surface area contributed by atoms with Gasteiger partial charge in [-0.15, -0.1) is 22.7 Å². The first-order chi connectivity index (χ1) is 25.3. The van der Waals surface area contributed by atoms with E-state index >= 15 is 0 Å². The molecule has 0 aliphatic carbocycles. The van der Waals surface area contributed by atoms with Crippen molar-refractivity contribution in [1.82, 2.24) is 14.5 Å². The number of rotatable bonds is 2. The second-order valence-corrected chi connectivity index (χ2v) is 15.3. The Kier molecular flexibility index (Phi) is 5.53. The van der Waals surface area contributed by atoms with Gasteiger partial charge in [-0.05, 0) is 34.4 Å². The Balaban J connectivity index is 1.35. The first-order valence-corrected chi connectivity index (χ1v) is 18.8. The molecular weight excluding hydrogens is 659 g/mol. The molecule has 51 heavy (non-hydrogen) atoms. The average Bonchev–Trinajstić information content (AvgIpc) is 3.88. The first-order valence-electron chi connectivity index (χ1n) is 17.2. The highest BCUT2D eigenvalue weighted by Gasteiger charge is 2.25. The number of para-hydroxylation sites is 1. The van der Waals surface area contributed by atoms with Crippen LogP contribution in [0.5, 0.6) is 0 Å². The number of fused-ring (bicyclic) bond motifs is 18. The summed E-state index contributed by atoms with van der Waals surface area (Å²) < 4.78 is 7.33. The molecule has 12 rings (SSSR count). The van der Waals surface area contributed by atoms with Crippen LogP contribution < -0.4 is 0 Å². The Morgan fingerprint density at radius 3 is 1.71 bits per heavy atom. The minimum absolute atomic E-state index is 0.688. The third kappa shape index (κ3) is 3.66. The first kappa shape index (κ1) is 27.7. The number of aromatic nitrogens is 3. The molecule has 0 aliphatic rings. The fraction of sp³-hybridized carbons (Fsp3) is 0. The molecule has 0 unspecified atom stereocenters. The second-order valence-electron chi connectivity index (χ2n) is 13.2. The van der Waals surface area contributed by atoms with E-state index in [9.17, 15) is 0 Å². The lowest BCUT2D eigenvalue weighted by Gasteiger charge is -2.15. The third-order valence-corrected chi connectivity index (χ3v) is 12.9. The monoisotopic (exact) mass is 683 g/mol. The van der Waals surface area contributed by atoms with Crippen LogP contribution in [0.4, 0.5) is 0 Å². The highest BCUT2D eigenvalue weighted by molar-refractivity contribution is 7.27. The van der Waals surface area contributed by atoms with E-state index in [2.05, 4.69) is 156 Å². The zero-order valence-electron chi connectivity index (χ0n) is 27.1. The van der Waals surface area contributed by atoms with Crippen LogP contribution >= 0.6 is 22.7 Å². The molecular formula is C46H25N3S2. The van der Waals surface area contributed by atoms with E-state index in [4.69, 9.17) is 9.97 Å². The zero-order valence-corrected chi connectivity index (χ0v) is 28.7. The molecule has 4 aromatic heterocycles. The van der Waals surface area contributed by atoms with E-state index in [0.29, 0.717) is 5.95 Å². The van der Waals surface area contributed by atoms with Crippen molar-refractivity contribution in [1.29, 1.82) is 0 Å². The van der Waals surface area contributed by atoms with E-state index in [1.807, 2.05) is 11.3 Å². The van der Waals surface area contributed by atoms with Gasteiger partial charge in [0.15, 0.2) is 0 Å². The lowest BCUT2D eigenvalue weighted by Crippen LogP contribution is -2.03. The maximum atomic E-state index is 5.50. The summed E-state index contributed by atoms with van der Waals surface area (Å²) in [4.78, 5) is 11.0. The fourth-order valence-corrected chi connectivity index (χ4v) is 10.9. The normalized spacial score (nSPS) is 12.3. The van der Waals surface area contributed by atoms with E-state index in [1.54, 1.807) is 11.3 Å². The van der Waals surface area contributed by atoms with Crippen LogP contribution in [-0.4, -0.2) is 14.5 Å². The summed E-state index contributed by atoms with van der Waals surface area (Å²) in [7, 11) is 0. The lowest BCUT2D eigenvalue weighted by molar-refractivity contribution is 1.02. The number of thiophene rings is 2. The standard InChI is InChI=1S/C46H25N3S2/c1-2-14-26(15-3-1)41-45-42(33-22-10-13-25-36(33)51-45)48-46(47-41)49-34-23-11-8-20-31(34)39-38-28-17-5-4-16-27(28)37-32-21-9-12-24-35(32)50-44(37)40(38)29-18-6-7-19-30(29)43(39)49/h1-25H. The van der Waals surface area contributed by atoms with Gasteiger partial charge < -0.3 is 0 Å². The van der Waals surface area contributed by atoms with Gasteiger partial charge >= 0.3 is 0 Å². The third-order valence-electron chi connectivity index (χ3n) is 10.6. The van der Waals surface area contributed by atoms with Gasteiger partial charge in [-0.25, -0.2) is 9.97 Å². The summed E-state index contributed by atoms with van der Waals surface area (Å²) in [5, 5.41) is 13.9. The van der Waals surface area contributed by atoms with Crippen molar-refractivity contribution >= 4 is 117 Å². The fourth-order valence-electron chi connectivity index (χ4n) is 8.51. The summed E-state index contributed by atoms with van der Waals surface area (Å²) in [5.41, 5.74) is 5.29. The van der Waals surface area contributed by atoms with Crippen LogP contribution in [0.25, 0.3) is 112 Å². The highest BCUT2D eigenvalue weighted by Crippen LogP contribution is 2.51. The minimum atomic E-state index is 0.688. The van der Waals surface area contributed by atoms with Crippen molar-refractivity contribution in [2.75, 3.05) is 0 Å². The maximum absolute atomic E-state index is 5.50. The molecule has 0 spiro atoms. The predicted octanol–water partition coefficient (Wildman–Crippen LogP) is 13.4. The lowest BCUT2D eigenvalue weighted by atomic mass is 9.90. The summed E-state index contributed by atoms with van der Waals surface area (Å²) in [6.07, 6.45) is 0. The van der Waals surface area contributed by atoms with Crippen molar-refractivity contribution in [2.45, 2.75) is 0 Å². The largest absolute Gasteiger partial charge is 0.277 e. The number of nitrogens with zero attached hydrogens (tertiary/aromatic N) is 3. The molecule has 236 valence electrons. The Hall–Kier alpha value is -6.14. The van der Waals surface area contributed by atoms with Gasteiger partial charge in [0, 0.05) is 62.8 Å². The van der Waals surface area contributed by atoms with Gasteiger partial charge in [-0.1, -0.05) is 133 Å². The van der Waals surface area contributed by atoms with Crippen molar-refractivity contribution in [2.24, 2.45) is 0 Å². The molecule has 0 amide bonds. The summed E-state index contributed by atoms with van der Waals surface area (Å²) in [6.45, 7) is 0. The Bertz CT molecular complexity index is 3420. The Labute approximate surface area is 299 Å². The maximum Gasteiger partial charge on any atom is 0.235 e. The molecule has 0 fully saturated rings. The van der Waals surface area contributed by atoms with Crippen molar-refractivity contribution in [3.05, 3.63) is 152 Å². The van der Waals surface area contributed by atoms with Gasteiger partial charge in [0.05, 0.1) is 26.9 Å². The topological polar surface area (TPSA) is 30.7 Å². The molecule has 0 atom stereocenters. The van der Waals surface area contributed by atoms with Crippen LogP contribution in [0.3, 0.4) is 0 Å². The molecule has 8 aromatic carbocycles. The molecule has 5 heteroatoms. The summed E-state index contributed by atoms with van der Waals surface area (Å²) >= 11 is 3.68. The zero-order chi connectivity index (χ0) is 33.2. The molecule has 0 saturated heterocycles. The Morgan fingerprint density at radius 2 is 0.941 bits per heavy atom. The van der Waals surface area contributed by atoms with Gasteiger partial charge in [0.1, 0.15) is 0 Å². The SMILES string of the molecule is c1ccc(-c2nc(-n3c4ccccc4c4c5c6ccccc6c6c7ccccc7sc6c5c5ccccc5c43)nc3c2sc2ccccc23)cc1. The van der Waals surface area contributed by atoms with Gasteiger partial charge in [-0.3, -0.25) is 4.57 Å². The highest BCUT2D eigenvalue weighted by atomic mass is 32.1. The van der Waals surface area contributed by atoms with Gasteiger partial charge in [0.25, 0.3) is 0 Å². The molecule has 0 radical (unpaired) electrons. The summed E-state index contributed by atoms with van der Waals surface area (Å²) in [5.74, 6) is 0.688. The quantitative estimate of drug-likeness (QED) is 0.170. The average molecular weight is 684 g/mol. The molecule has 0 aliphatic heterocycles. The predicted molar refractivity (Wildman–Crippen MR) is 220 cm³/mol. The molecule has 4 heterocycles. The number of hydrogen-bond acceptors (Lipinski definition) is 4. The summed E-state index contributed by atoms with van der Waals surface area (Å²) in [6, 6.07) is 54.8. The van der Waals surface area contributed by atoms with Crippen LogP contribution in [-0.2, 0) is 0 Å². The van der Waals surface area contributed by atoms with Crippen LogP contribution in [0.2, 0.25) is 0 Å². The van der Waals surface area contributed by atoms with E-state index in [1.165, 1.54) is 68.0 Å². The Morgan fingerprint density at radius 1 is 0.392 bits per heavy atom. The second kappa shape index (κ2) is 10.2. The minimum Gasteiger partial charge on any atom is -0.277 e. The number of hydrogen-bond donors (Lipinski definition) is 0. The smallest absolute Gasteiger partial charge is 0.235 e. The number of benzene rings is 8. The molecule has 3 nitrogen and oxygen atoms in total. The van der Waals surface area contributed by atoms with Crippen molar-refractivity contribution in [3.63, 3.8) is 0 Å². The van der Waals surface area contributed by atoms with Gasteiger partial charge in [0.2, 0.25) is 5.95 Å². The van der Waals surface area contributed by atoms with E-state index in [0.717, 1.165) is 37.9 Å². The van der Waals surface area contributed by atoms with Gasteiger partial charge in [-0.2, -0.15) is 0 Å². The van der Waals surface area contributed by atoms with E-state index < -0.39 is 0 Å².